The molecule has 0 unspecified atom stereocenters. The first-order valence-corrected chi connectivity index (χ1v) is 10.9. The number of rotatable bonds is 6. The Bertz CT molecular complexity index is 1150. The average molecular weight is 445 g/mol. The molecule has 33 heavy (non-hydrogen) atoms. The van der Waals surface area contributed by atoms with Gasteiger partial charge in [-0.3, -0.25) is 9.78 Å². The Hall–Kier alpha value is -3.85. The van der Waals surface area contributed by atoms with Gasteiger partial charge in [-0.1, -0.05) is 12.1 Å². The van der Waals surface area contributed by atoms with Crippen LogP contribution < -0.4 is 20.9 Å². The largest absolute Gasteiger partial charge is 0.355 e. The van der Waals surface area contributed by atoms with E-state index >= 15 is 0 Å². The van der Waals surface area contributed by atoms with Crippen LogP contribution in [0.2, 0.25) is 0 Å². The van der Waals surface area contributed by atoms with E-state index in [1.807, 2.05) is 50.3 Å². The summed E-state index contributed by atoms with van der Waals surface area (Å²) in [5.41, 5.74) is 3.36. The van der Waals surface area contributed by atoms with Crippen molar-refractivity contribution in [2.24, 2.45) is 0 Å². The van der Waals surface area contributed by atoms with Gasteiger partial charge in [0.1, 0.15) is 23.3 Å². The smallest absolute Gasteiger partial charge is 0.251 e. The topological polar surface area (TPSA) is 108 Å². The first kappa shape index (κ1) is 22.3. The van der Waals surface area contributed by atoms with E-state index < -0.39 is 0 Å². The number of piperazine rings is 1. The van der Waals surface area contributed by atoms with Gasteiger partial charge in [0, 0.05) is 44.9 Å². The normalized spacial score (nSPS) is 13.8. The Labute approximate surface area is 193 Å². The van der Waals surface area contributed by atoms with E-state index in [9.17, 15) is 4.79 Å². The van der Waals surface area contributed by atoms with Crippen molar-refractivity contribution < 1.29 is 4.79 Å². The predicted octanol–water partition coefficient (Wildman–Crippen LogP) is 2.57. The highest BCUT2D eigenvalue weighted by molar-refractivity contribution is 5.95. The highest BCUT2D eigenvalue weighted by Gasteiger charge is 2.14. The van der Waals surface area contributed by atoms with Crippen LogP contribution in [-0.2, 0) is 0 Å². The lowest BCUT2D eigenvalue weighted by atomic mass is 10.0. The van der Waals surface area contributed by atoms with Gasteiger partial charge in [0.15, 0.2) is 0 Å². The Morgan fingerprint density at radius 2 is 1.85 bits per heavy atom. The molecule has 1 fully saturated rings. The van der Waals surface area contributed by atoms with E-state index in [2.05, 4.69) is 40.8 Å². The number of nitrogens with zero attached hydrogens (tertiary/aromatic N) is 5. The molecule has 1 aliphatic rings. The Balaban J connectivity index is 1.46. The van der Waals surface area contributed by atoms with Gasteiger partial charge in [-0.15, -0.1) is 0 Å². The summed E-state index contributed by atoms with van der Waals surface area (Å²) in [6.07, 6.45) is 7.19. The minimum Gasteiger partial charge on any atom is -0.355 e. The number of carbonyl (C=O) groups excluding carboxylic acids is 1. The minimum atomic E-state index is -0.111. The summed E-state index contributed by atoms with van der Waals surface area (Å²) in [6, 6.07) is 7.55. The standard InChI is InChI=1S/C24H28N8O/c1-16-4-5-19(24(33)25-3)12-18(16)6-7-20-14-28-22(15-27-20)31-21-13-23(30-17(2)29-21)32-10-8-26-9-11-32/h4-7,12-15,26H,8-11H2,1-3H3,(H,25,33)(H,28,29,30,31)/b7-6+. The van der Waals surface area contributed by atoms with Gasteiger partial charge in [0.25, 0.3) is 5.91 Å². The van der Waals surface area contributed by atoms with Crippen molar-refractivity contribution in [1.82, 2.24) is 30.6 Å². The molecule has 0 saturated carbocycles. The lowest BCUT2D eigenvalue weighted by molar-refractivity contribution is 0.0963. The van der Waals surface area contributed by atoms with E-state index in [0.29, 0.717) is 28.7 Å². The van der Waals surface area contributed by atoms with Gasteiger partial charge in [-0.2, -0.15) is 0 Å². The number of aromatic nitrogens is 4. The van der Waals surface area contributed by atoms with E-state index in [4.69, 9.17) is 0 Å². The molecule has 0 radical (unpaired) electrons. The first-order valence-electron chi connectivity index (χ1n) is 10.9. The third-order valence-electron chi connectivity index (χ3n) is 5.40. The molecule has 1 aliphatic heterocycles. The number of aryl methyl sites for hydroxylation is 2. The number of benzene rings is 1. The lowest BCUT2D eigenvalue weighted by Crippen LogP contribution is -2.44. The van der Waals surface area contributed by atoms with Crippen LogP contribution in [0.3, 0.4) is 0 Å². The van der Waals surface area contributed by atoms with Gasteiger partial charge < -0.3 is 20.9 Å². The molecular weight excluding hydrogens is 416 g/mol. The monoisotopic (exact) mass is 444 g/mol. The molecule has 1 saturated heterocycles. The average Bonchev–Trinajstić information content (AvgIpc) is 2.84. The number of anilines is 3. The maximum Gasteiger partial charge on any atom is 0.251 e. The van der Waals surface area contributed by atoms with Crippen molar-refractivity contribution in [3.05, 3.63) is 64.9 Å². The van der Waals surface area contributed by atoms with Crippen LogP contribution >= 0.6 is 0 Å². The van der Waals surface area contributed by atoms with Crippen LogP contribution in [0.1, 0.15) is 33.0 Å². The SMILES string of the molecule is CNC(=O)c1ccc(C)c(/C=C/c2cnc(Nc3cc(N4CCNCC4)nc(C)n3)cn2)c1. The second-order valence-corrected chi connectivity index (χ2v) is 7.83. The molecule has 1 amide bonds. The van der Waals surface area contributed by atoms with E-state index in [1.54, 1.807) is 19.4 Å². The fourth-order valence-corrected chi connectivity index (χ4v) is 3.57. The van der Waals surface area contributed by atoms with E-state index in [-0.39, 0.29) is 5.91 Å². The van der Waals surface area contributed by atoms with Crippen molar-refractivity contribution in [1.29, 1.82) is 0 Å². The summed E-state index contributed by atoms with van der Waals surface area (Å²) >= 11 is 0. The molecule has 0 spiro atoms. The molecule has 1 aromatic carbocycles. The Morgan fingerprint density at radius 1 is 1.03 bits per heavy atom. The highest BCUT2D eigenvalue weighted by atomic mass is 16.1. The first-order chi connectivity index (χ1) is 16.0. The molecule has 3 aromatic rings. The van der Waals surface area contributed by atoms with Crippen LogP contribution in [0.4, 0.5) is 17.5 Å². The fourth-order valence-electron chi connectivity index (χ4n) is 3.57. The van der Waals surface area contributed by atoms with Crippen molar-refractivity contribution in [3.8, 4) is 0 Å². The summed E-state index contributed by atoms with van der Waals surface area (Å²) in [5, 5.41) is 9.22. The molecule has 0 aliphatic carbocycles. The van der Waals surface area contributed by atoms with Crippen LogP contribution in [0.15, 0.2) is 36.7 Å². The number of carbonyl (C=O) groups is 1. The maximum absolute atomic E-state index is 11.9. The third-order valence-corrected chi connectivity index (χ3v) is 5.40. The lowest BCUT2D eigenvalue weighted by Gasteiger charge is -2.28. The summed E-state index contributed by atoms with van der Waals surface area (Å²) in [4.78, 5) is 32.1. The number of hydrogen-bond acceptors (Lipinski definition) is 8. The zero-order chi connectivity index (χ0) is 23.2. The number of amides is 1. The van der Waals surface area contributed by atoms with Crippen LogP contribution in [0, 0.1) is 13.8 Å². The molecule has 0 atom stereocenters. The zero-order valence-corrected chi connectivity index (χ0v) is 19.1. The van der Waals surface area contributed by atoms with Crippen molar-refractivity contribution in [2.45, 2.75) is 13.8 Å². The van der Waals surface area contributed by atoms with Crippen molar-refractivity contribution in [2.75, 3.05) is 43.4 Å². The summed E-state index contributed by atoms with van der Waals surface area (Å²) < 4.78 is 0. The van der Waals surface area contributed by atoms with Gasteiger partial charge in [0.2, 0.25) is 0 Å². The minimum absolute atomic E-state index is 0.111. The molecule has 4 rings (SSSR count). The van der Waals surface area contributed by atoms with Crippen LogP contribution in [-0.4, -0.2) is 59.1 Å². The van der Waals surface area contributed by atoms with Gasteiger partial charge >= 0.3 is 0 Å². The van der Waals surface area contributed by atoms with Crippen LogP contribution in [0.5, 0.6) is 0 Å². The second-order valence-electron chi connectivity index (χ2n) is 7.83. The summed E-state index contributed by atoms with van der Waals surface area (Å²) in [6.45, 7) is 7.62. The number of nitrogens with one attached hydrogen (secondary N) is 3. The van der Waals surface area contributed by atoms with E-state index in [0.717, 1.165) is 43.1 Å². The molecular formula is C24H28N8O. The fraction of sp³-hybridized carbons (Fsp3) is 0.292. The predicted molar refractivity (Wildman–Crippen MR) is 131 cm³/mol. The maximum atomic E-state index is 11.9. The quantitative estimate of drug-likeness (QED) is 0.532. The van der Waals surface area contributed by atoms with E-state index in [1.165, 1.54) is 0 Å². The molecule has 9 nitrogen and oxygen atoms in total. The zero-order valence-electron chi connectivity index (χ0n) is 19.1. The molecule has 0 bridgehead atoms. The Kier molecular flexibility index (Phi) is 6.89. The molecule has 3 N–H and O–H groups in total. The van der Waals surface area contributed by atoms with Gasteiger partial charge in [0.05, 0.1) is 18.1 Å². The second kappa shape index (κ2) is 10.2. The van der Waals surface area contributed by atoms with Gasteiger partial charge in [-0.25, -0.2) is 15.0 Å². The van der Waals surface area contributed by atoms with Gasteiger partial charge in [-0.05, 0) is 43.2 Å². The molecule has 170 valence electrons. The highest BCUT2D eigenvalue weighted by Crippen LogP contribution is 2.19. The van der Waals surface area contributed by atoms with Crippen molar-refractivity contribution in [3.63, 3.8) is 0 Å². The summed E-state index contributed by atoms with van der Waals surface area (Å²) in [7, 11) is 1.62. The number of hydrogen-bond donors (Lipinski definition) is 3. The molecule has 2 aromatic heterocycles. The summed E-state index contributed by atoms with van der Waals surface area (Å²) in [5.74, 6) is 2.80. The third kappa shape index (κ3) is 5.69. The molecule has 3 heterocycles. The molecule has 9 heteroatoms. The Morgan fingerprint density at radius 3 is 2.58 bits per heavy atom. The van der Waals surface area contributed by atoms with Crippen LogP contribution in [0.25, 0.3) is 12.2 Å². The van der Waals surface area contributed by atoms with Crippen molar-refractivity contribution >= 4 is 35.5 Å².